The molecule has 148 valence electrons. The first kappa shape index (κ1) is 19.4. The molecule has 3 heterocycles. The number of guanidine groups is 1. The molecule has 2 aliphatic heterocycles. The van der Waals surface area contributed by atoms with E-state index in [9.17, 15) is 4.79 Å². The van der Waals surface area contributed by atoms with Gasteiger partial charge in [-0.05, 0) is 55.3 Å². The van der Waals surface area contributed by atoms with E-state index in [1.807, 2.05) is 42.3 Å². The molecule has 0 atom stereocenters. The third-order valence-corrected chi connectivity index (χ3v) is 5.76. The van der Waals surface area contributed by atoms with Gasteiger partial charge in [0.1, 0.15) is 0 Å². The van der Waals surface area contributed by atoms with Crippen LogP contribution < -0.4 is 0 Å². The lowest BCUT2D eigenvalue weighted by Crippen LogP contribution is -2.47. The van der Waals surface area contributed by atoms with Crippen molar-refractivity contribution in [2.24, 2.45) is 10.9 Å². The number of aliphatic imine (C=N–C) groups is 1. The Hall–Kier alpha value is -2.92. The number of carbonyl (C=O) groups is 1. The number of hydrogen-bond acceptors (Lipinski definition) is 5. The predicted molar refractivity (Wildman–Crippen MR) is 117 cm³/mol. The Morgan fingerprint density at radius 3 is 2.41 bits per heavy atom. The van der Waals surface area contributed by atoms with Crippen LogP contribution in [0.25, 0.3) is 5.70 Å². The van der Waals surface area contributed by atoms with Crippen LogP contribution in [0.15, 0.2) is 72.1 Å². The van der Waals surface area contributed by atoms with Crippen LogP contribution in [0.2, 0.25) is 5.02 Å². The highest BCUT2D eigenvalue weighted by Crippen LogP contribution is 2.28. The summed E-state index contributed by atoms with van der Waals surface area (Å²) in [6.45, 7) is 5.73. The van der Waals surface area contributed by atoms with Gasteiger partial charge in [-0.1, -0.05) is 18.2 Å². The van der Waals surface area contributed by atoms with Crippen molar-refractivity contribution < 1.29 is 4.79 Å². The lowest BCUT2D eigenvalue weighted by Gasteiger charge is -2.38. The molecule has 0 N–H and O–H groups in total. The SMILES string of the molecule is C=C1C=C(c2ccncc2)N=C(N2CCC(C(=O)c3ccc(Cl)cc3)CC2)N1C. The number of halogens is 1. The number of likely N-dealkylation sites (N-methyl/N-ethyl adjacent to an activating group) is 1. The smallest absolute Gasteiger partial charge is 0.206 e. The molecule has 1 saturated heterocycles. The van der Waals surface area contributed by atoms with Crippen molar-refractivity contribution in [3.8, 4) is 0 Å². The zero-order valence-electron chi connectivity index (χ0n) is 16.4. The van der Waals surface area contributed by atoms with Crippen LogP contribution in [-0.4, -0.2) is 46.7 Å². The maximum Gasteiger partial charge on any atom is 0.206 e. The Morgan fingerprint density at radius 1 is 1.10 bits per heavy atom. The highest BCUT2D eigenvalue weighted by Gasteiger charge is 2.30. The van der Waals surface area contributed by atoms with Crippen molar-refractivity contribution in [2.75, 3.05) is 20.1 Å². The standard InChI is InChI=1S/C23H23ClN4O/c1-16-15-21(17-7-11-25-12-8-17)26-23(27(16)2)28-13-9-19(10-14-28)22(29)18-3-5-20(24)6-4-18/h3-8,11-12,15,19H,1,9-10,13-14H2,2H3. The average molecular weight is 407 g/mol. The first-order chi connectivity index (χ1) is 14.0. The fraction of sp³-hybridized carbons (Fsp3) is 0.261. The molecular weight excluding hydrogens is 384 g/mol. The zero-order valence-corrected chi connectivity index (χ0v) is 17.1. The minimum absolute atomic E-state index is 0.0281. The molecule has 4 rings (SSSR count). The Bertz CT molecular complexity index is 974. The van der Waals surface area contributed by atoms with E-state index in [-0.39, 0.29) is 11.7 Å². The van der Waals surface area contributed by atoms with Crippen LogP contribution in [0.5, 0.6) is 0 Å². The summed E-state index contributed by atoms with van der Waals surface area (Å²) in [4.78, 5) is 26.0. The van der Waals surface area contributed by atoms with E-state index in [1.165, 1.54) is 0 Å². The monoisotopic (exact) mass is 406 g/mol. The molecule has 0 spiro atoms. The van der Waals surface area contributed by atoms with Gasteiger partial charge >= 0.3 is 0 Å². The summed E-state index contributed by atoms with van der Waals surface area (Å²) >= 11 is 5.94. The van der Waals surface area contributed by atoms with Gasteiger partial charge in [0.2, 0.25) is 5.96 Å². The minimum atomic E-state index is 0.0281. The second kappa shape index (κ2) is 8.21. The molecule has 1 fully saturated rings. The van der Waals surface area contributed by atoms with E-state index < -0.39 is 0 Å². The summed E-state index contributed by atoms with van der Waals surface area (Å²) in [6, 6.07) is 11.1. The molecule has 2 aromatic rings. The third kappa shape index (κ3) is 4.10. The van der Waals surface area contributed by atoms with Crippen LogP contribution in [-0.2, 0) is 0 Å². The third-order valence-electron chi connectivity index (χ3n) is 5.51. The van der Waals surface area contributed by atoms with E-state index in [2.05, 4.69) is 16.5 Å². The number of piperidine rings is 1. The molecule has 2 aliphatic rings. The molecule has 5 nitrogen and oxygen atoms in total. The van der Waals surface area contributed by atoms with E-state index in [4.69, 9.17) is 16.6 Å². The number of rotatable bonds is 3. The van der Waals surface area contributed by atoms with E-state index in [0.29, 0.717) is 5.02 Å². The van der Waals surface area contributed by atoms with E-state index >= 15 is 0 Å². The van der Waals surface area contributed by atoms with Gasteiger partial charge in [0.15, 0.2) is 5.78 Å². The summed E-state index contributed by atoms with van der Waals surface area (Å²) in [5.74, 6) is 1.10. The molecule has 0 unspecified atom stereocenters. The Labute approximate surface area is 176 Å². The van der Waals surface area contributed by atoms with Crippen molar-refractivity contribution in [2.45, 2.75) is 12.8 Å². The fourth-order valence-corrected chi connectivity index (χ4v) is 3.87. The number of allylic oxidation sites excluding steroid dienone is 1. The van der Waals surface area contributed by atoms with Crippen molar-refractivity contribution >= 4 is 29.0 Å². The van der Waals surface area contributed by atoms with Crippen molar-refractivity contribution in [3.63, 3.8) is 0 Å². The zero-order chi connectivity index (χ0) is 20.4. The first-order valence-corrected chi connectivity index (χ1v) is 10.1. The Balaban J connectivity index is 1.48. The van der Waals surface area contributed by atoms with Gasteiger partial charge in [-0.2, -0.15) is 0 Å². The molecular formula is C23H23ClN4O. The largest absolute Gasteiger partial charge is 0.342 e. The number of hydrogen-bond donors (Lipinski definition) is 0. The average Bonchev–Trinajstić information content (AvgIpc) is 2.76. The summed E-state index contributed by atoms with van der Waals surface area (Å²) < 4.78 is 0. The van der Waals surface area contributed by atoms with Crippen molar-refractivity contribution in [1.29, 1.82) is 0 Å². The molecule has 0 aliphatic carbocycles. The number of ketones is 1. The minimum Gasteiger partial charge on any atom is -0.342 e. The molecule has 0 saturated carbocycles. The van der Waals surface area contributed by atoms with Crippen LogP contribution in [0.3, 0.4) is 0 Å². The van der Waals surface area contributed by atoms with Crippen LogP contribution in [0.4, 0.5) is 0 Å². The molecule has 1 aromatic carbocycles. The van der Waals surface area contributed by atoms with Crippen LogP contribution >= 0.6 is 11.6 Å². The van der Waals surface area contributed by atoms with E-state index in [1.54, 1.807) is 24.5 Å². The van der Waals surface area contributed by atoms with Gasteiger partial charge in [-0.3, -0.25) is 9.78 Å². The number of Topliss-reactive ketones (excluding diaryl/α,β-unsaturated/α-hetero) is 1. The Kier molecular flexibility index (Phi) is 5.49. The number of aromatic nitrogens is 1. The summed E-state index contributed by atoms with van der Waals surface area (Å²) in [5.41, 5.74) is 3.52. The van der Waals surface area contributed by atoms with Crippen molar-refractivity contribution in [1.82, 2.24) is 14.8 Å². The van der Waals surface area contributed by atoms with Gasteiger partial charge in [0.05, 0.1) is 5.70 Å². The topological polar surface area (TPSA) is 48.8 Å². The maximum atomic E-state index is 12.8. The summed E-state index contributed by atoms with van der Waals surface area (Å²) in [6.07, 6.45) is 7.11. The number of pyridine rings is 1. The van der Waals surface area contributed by atoms with Gasteiger partial charge in [0, 0.05) is 60.3 Å². The van der Waals surface area contributed by atoms with Gasteiger partial charge in [0.25, 0.3) is 0 Å². The lowest BCUT2D eigenvalue weighted by atomic mass is 9.89. The summed E-state index contributed by atoms with van der Waals surface area (Å²) in [5, 5.41) is 0.646. The number of nitrogens with zero attached hydrogens (tertiary/aromatic N) is 4. The quantitative estimate of drug-likeness (QED) is 0.705. The fourth-order valence-electron chi connectivity index (χ4n) is 3.74. The second-order valence-electron chi connectivity index (χ2n) is 7.36. The van der Waals surface area contributed by atoms with Crippen LogP contribution in [0.1, 0.15) is 28.8 Å². The molecule has 29 heavy (non-hydrogen) atoms. The molecule has 0 bridgehead atoms. The number of carbonyl (C=O) groups excluding carboxylic acids is 1. The predicted octanol–water partition coefficient (Wildman–Crippen LogP) is 4.49. The highest BCUT2D eigenvalue weighted by molar-refractivity contribution is 6.30. The Morgan fingerprint density at radius 2 is 1.76 bits per heavy atom. The first-order valence-electron chi connectivity index (χ1n) is 9.71. The van der Waals surface area contributed by atoms with Gasteiger partial charge in [-0.15, -0.1) is 0 Å². The van der Waals surface area contributed by atoms with Gasteiger partial charge < -0.3 is 9.80 Å². The number of benzene rings is 1. The maximum absolute atomic E-state index is 12.8. The van der Waals surface area contributed by atoms with Crippen LogP contribution in [0, 0.1) is 5.92 Å². The van der Waals surface area contributed by atoms with Gasteiger partial charge in [-0.25, -0.2) is 4.99 Å². The molecule has 0 amide bonds. The second-order valence-corrected chi connectivity index (χ2v) is 7.80. The normalized spacial score (nSPS) is 17.8. The lowest BCUT2D eigenvalue weighted by molar-refractivity contribution is 0.0869. The summed E-state index contributed by atoms with van der Waals surface area (Å²) in [7, 11) is 1.98. The molecule has 1 aromatic heterocycles. The highest BCUT2D eigenvalue weighted by atomic mass is 35.5. The van der Waals surface area contributed by atoms with E-state index in [0.717, 1.165) is 54.4 Å². The molecule has 0 radical (unpaired) electrons. The molecule has 6 heteroatoms. The number of likely N-dealkylation sites (tertiary alicyclic amines) is 1. The van der Waals surface area contributed by atoms with Crippen molar-refractivity contribution in [3.05, 3.63) is 83.3 Å².